The number of amides is 1. The number of fused-ring (bicyclic) bond motifs is 1. The van der Waals surface area contributed by atoms with E-state index >= 15 is 0 Å². The molecule has 1 heterocycles. The van der Waals surface area contributed by atoms with E-state index in [-0.39, 0.29) is 17.8 Å². The highest BCUT2D eigenvalue weighted by Gasteiger charge is 2.21. The Morgan fingerprint density at radius 2 is 1.94 bits per heavy atom. The number of thioether (sulfide) groups is 1. The van der Waals surface area contributed by atoms with E-state index in [1.54, 1.807) is 0 Å². The average Bonchev–Trinajstić information content (AvgIpc) is 3.34. The first kappa shape index (κ1) is 21.2. The van der Waals surface area contributed by atoms with Crippen LogP contribution in [0, 0.1) is 13.8 Å². The molecule has 0 spiro atoms. The van der Waals surface area contributed by atoms with Crippen LogP contribution in [0.3, 0.4) is 0 Å². The maximum Gasteiger partial charge on any atom is 0.237 e. The average molecular weight is 438 g/mol. The van der Waals surface area contributed by atoms with Gasteiger partial charge in [-0.3, -0.25) is 4.79 Å². The van der Waals surface area contributed by atoms with Crippen molar-refractivity contribution in [2.75, 3.05) is 11.2 Å². The molecule has 162 valence electrons. The summed E-state index contributed by atoms with van der Waals surface area (Å²) in [5, 5.41) is 11.4. The second-order valence-electron chi connectivity index (χ2n) is 7.86. The third kappa shape index (κ3) is 4.69. The summed E-state index contributed by atoms with van der Waals surface area (Å²) in [6.07, 6.45) is 3.38. The SMILES string of the molecule is Cc1cccc(C)c1OCc1nnc(SC(C)C(=O)Nc2ccc3c(c2)CCC3)n1N. The predicted molar refractivity (Wildman–Crippen MR) is 123 cm³/mol. The Kier molecular flexibility index (Phi) is 6.18. The van der Waals surface area contributed by atoms with Gasteiger partial charge in [0.15, 0.2) is 5.82 Å². The molecule has 4 rings (SSSR count). The van der Waals surface area contributed by atoms with Crippen molar-refractivity contribution < 1.29 is 9.53 Å². The number of carbonyl (C=O) groups is 1. The maximum atomic E-state index is 12.7. The molecule has 0 bridgehead atoms. The zero-order valence-electron chi connectivity index (χ0n) is 18.0. The van der Waals surface area contributed by atoms with Crippen molar-refractivity contribution in [2.24, 2.45) is 0 Å². The largest absolute Gasteiger partial charge is 0.485 e. The van der Waals surface area contributed by atoms with E-state index in [0.717, 1.165) is 35.4 Å². The van der Waals surface area contributed by atoms with Crippen LogP contribution in [-0.4, -0.2) is 26.0 Å². The number of aryl methyl sites for hydroxylation is 4. The van der Waals surface area contributed by atoms with Gasteiger partial charge < -0.3 is 15.9 Å². The molecular formula is C23H27N5O2S. The van der Waals surface area contributed by atoms with Crippen LogP contribution in [0.25, 0.3) is 0 Å². The number of nitrogen functional groups attached to an aromatic ring is 1. The lowest BCUT2D eigenvalue weighted by Crippen LogP contribution is -2.24. The summed E-state index contributed by atoms with van der Waals surface area (Å²) in [7, 11) is 0. The minimum atomic E-state index is -0.382. The molecule has 1 aliphatic carbocycles. The van der Waals surface area contributed by atoms with Gasteiger partial charge in [-0.25, -0.2) is 4.68 Å². The molecule has 3 aromatic rings. The van der Waals surface area contributed by atoms with Crippen LogP contribution in [0.15, 0.2) is 41.6 Å². The Morgan fingerprint density at radius 1 is 1.19 bits per heavy atom. The van der Waals surface area contributed by atoms with Gasteiger partial charge in [0.2, 0.25) is 11.1 Å². The smallest absolute Gasteiger partial charge is 0.237 e. The number of hydrogen-bond acceptors (Lipinski definition) is 6. The minimum Gasteiger partial charge on any atom is -0.485 e. The van der Waals surface area contributed by atoms with Gasteiger partial charge in [0.25, 0.3) is 0 Å². The van der Waals surface area contributed by atoms with Gasteiger partial charge in [0, 0.05) is 5.69 Å². The van der Waals surface area contributed by atoms with Crippen LogP contribution in [0.2, 0.25) is 0 Å². The summed E-state index contributed by atoms with van der Waals surface area (Å²) in [4.78, 5) is 12.7. The lowest BCUT2D eigenvalue weighted by atomic mass is 10.1. The second-order valence-corrected chi connectivity index (χ2v) is 9.17. The Balaban J connectivity index is 1.37. The van der Waals surface area contributed by atoms with Crippen molar-refractivity contribution in [3.63, 3.8) is 0 Å². The molecule has 7 nitrogen and oxygen atoms in total. The minimum absolute atomic E-state index is 0.0979. The molecule has 0 fully saturated rings. The summed E-state index contributed by atoms with van der Waals surface area (Å²) in [6, 6.07) is 12.1. The predicted octanol–water partition coefficient (Wildman–Crippen LogP) is 3.80. The van der Waals surface area contributed by atoms with Gasteiger partial charge >= 0.3 is 0 Å². The molecule has 1 amide bonds. The fourth-order valence-electron chi connectivity index (χ4n) is 3.75. The van der Waals surface area contributed by atoms with E-state index in [9.17, 15) is 4.79 Å². The molecule has 2 aromatic carbocycles. The van der Waals surface area contributed by atoms with E-state index in [2.05, 4.69) is 27.6 Å². The Hall–Kier alpha value is -3.00. The van der Waals surface area contributed by atoms with Crippen molar-refractivity contribution in [1.82, 2.24) is 14.9 Å². The van der Waals surface area contributed by atoms with Gasteiger partial charge in [-0.1, -0.05) is 36.0 Å². The molecule has 1 unspecified atom stereocenters. The lowest BCUT2D eigenvalue weighted by Gasteiger charge is -2.13. The fourth-order valence-corrected chi connectivity index (χ4v) is 4.54. The van der Waals surface area contributed by atoms with Crippen molar-refractivity contribution in [3.05, 3.63) is 64.5 Å². The number of ether oxygens (including phenoxy) is 1. The Morgan fingerprint density at radius 3 is 2.71 bits per heavy atom. The number of nitrogens with one attached hydrogen (secondary N) is 1. The molecule has 1 atom stereocenters. The molecule has 1 aromatic heterocycles. The first-order chi connectivity index (χ1) is 14.9. The monoisotopic (exact) mass is 437 g/mol. The van der Waals surface area contributed by atoms with Crippen LogP contribution >= 0.6 is 11.8 Å². The summed E-state index contributed by atoms with van der Waals surface area (Å²) in [5.41, 5.74) is 5.64. The number of nitrogens with two attached hydrogens (primary N) is 1. The normalized spacial score (nSPS) is 13.6. The zero-order valence-corrected chi connectivity index (χ0v) is 18.8. The van der Waals surface area contributed by atoms with Crippen LogP contribution in [0.4, 0.5) is 5.69 Å². The number of aromatic nitrogens is 3. The first-order valence-electron chi connectivity index (χ1n) is 10.4. The number of hydrogen-bond donors (Lipinski definition) is 2. The fraction of sp³-hybridized carbons (Fsp3) is 0.348. The third-order valence-electron chi connectivity index (χ3n) is 5.51. The number of benzene rings is 2. The molecule has 0 saturated heterocycles. The first-order valence-corrected chi connectivity index (χ1v) is 11.3. The van der Waals surface area contributed by atoms with Crippen molar-refractivity contribution in [2.45, 2.75) is 57.0 Å². The Labute approximate surface area is 186 Å². The van der Waals surface area contributed by atoms with Crippen molar-refractivity contribution in [1.29, 1.82) is 0 Å². The number of nitrogens with zero attached hydrogens (tertiary/aromatic N) is 3. The molecular weight excluding hydrogens is 410 g/mol. The summed E-state index contributed by atoms with van der Waals surface area (Å²) in [5.74, 6) is 7.39. The summed E-state index contributed by atoms with van der Waals surface area (Å²) in [6.45, 7) is 6.02. The van der Waals surface area contributed by atoms with Crippen molar-refractivity contribution in [3.8, 4) is 5.75 Å². The third-order valence-corrected chi connectivity index (χ3v) is 6.56. The highest BCUT2D eigenvalue weighted by molar-refractivity contribution is 8.00. The van der Waals surface area contributed by atoms with Crippen LogP contribution in [-0.2, 0) is 24.2 Å². The lowest BCUT2D eigenvalue weighted by molar-refractivity contribution is -0.115. The number of para-hydroxylation sites is 1. The topological polar surface area (TPSA) is 95.1 Å². The Bertz CT molecular complexity index is 1090. The van der Waals surface area contributed by atoms with E-state index in [4.69, 9.17) is 10.6 Å². The highest BCUT2D eigenvalue weighted by Crippen LogP contribution is 2.27. The van der Waals surface area contributed by atoms with E-state index in [0.29, 0.717) is 11.0 Å². The van der Waals surface area contributed by atoms with E-state index in [1.165, 1.54) is 34.0 Å². The molecule has 0 radical (unpaired) electrons. The van der Waals surface area contributed by atoms with Gasteiger partial charge in [-0.15, -0.1) is 10.2 Å². The van der Waals surface area contributed by atoms with Crippen LogP contribution < -0.4 is 15.9 Å². The molecule has 1 aliphatic rings. The quantitative estimate of drug-likeness (QED) is 0.431. The number of carbonyl (C=O) groups excluding carboxylic acids is 1. The maximum absolute atomic E-state index is 12.7. The van der Waals surface area contributed by atoms with E-state index in [1.807, 2.05) is 45.0 Å². The van der Waals surface area contributed by atoms with Gasteiger partial charge in [0.05, 0.1) is 5.25 Å². The molecule has 0 aliphatic heterocycles. The zero-order chi connectivity index (χ0) is 22.0. The summed E-state index contributed by atoms with van der Waals surface area (Å²) < 4.78 is 7.31. The van der Waals surface area contributed by atoms with Crippen LogP contribution in [0.5, 0.6) is 5.75 Å². The molecule has 0 saturated carbocycles. The highest BCUT2D eigenvalue weighted by atomic mass is 32.2. The van der Waals surface area contributed by atoms with Crippen molar-refractivity contribution >= 4 is 23.4 Å². The standard InChI is InChI=1S/C23H27N5O2S/c1-14-6-4-7-15(2)21(14)30-13-20-26-27-23(28(20)24)31-16(3)22(29)25-19-11-10-17-8-5-9-18(17)12-19/h4,6-7,10-12,16H,5,8-9,13,24H2,1-3H3,(H,25,29). The molecule has 8 heteroatoms. The van der Waals surface area contributed by atoms with Gasteiger partial charge in [0.1, 0.15) is 12.4 Å². The molecule has 3 N–H and O–H groups in total. The van der Waals surface area contributed by atoms with Gasteiger partial charge in [-0.05, 0) is 74.4 Å². The number of rotatable bonds is 7. The number of anilines is 1. The van der Waals surface area contributed by atoms with E-state index < -0.39 is 0 Å². The second kappa shape index (κ2) is 9.01. The summed E-state index contributed by atoms with van der Waals surface area (Å²) >= 11 is 1.27. The van der Waals surface area contributed by atoms with Gasteiger partial charge in [-0.2, -0.15) is 0 Å². The molecule has 31 heavy (non-hydrogen) atoms. The van der Waals surface area contributed by atoms with Crippen LogP contribution in [0.1, 0.15) is 41.4 Å².